The van der Waals surface area contributed by atoms with Gasteiger partial charge in [-0.15, -0.1) is 0 Å². The average molecular weight is 286 g/mol. The Morgan fingerprint density at radius 2 is 2.33 bits per heavy atom. The lowest BCUT2D eigenvalue weighted by molar-refractivity contribution is 0.0588. The molecule has 0 fully saturated rings. The van der Waals surface area contributed by atoms with E-state index < -0.39 is 5.97 Å². The van der Waals surface area contributed by atoms with Crippen LogP contribution in [-0.2, 0) is 9.47 Å². The van der Waals surface area contributed by atoms with Gasteiger partial charge in [0.1, 0.15) is 12.4 Å². The monoisotopic (exact) mass is 286 g/mol. The highest BCUT2D eigenvalue weighted by atomic mass is 16.6. The molecule has 3 rings (SSSR count). The van der Waals surface area contributed by atoms with Crippen molar-refractivity contribution in [3.05, 3.63) is 59.5 Å². The summed E-state index contributed by atoms with van der Waals surface area (Å²) in [5.74, 6) is -0.340. The fourth-order valence-corrected chi connectivity index (χ4v) is 2.29. The highest BCUT2D eigenvalue weighted by Gasteiger charge is 2.27. The summed E-state index contributed by atoms with van der Waals surface area (Å²) in [6.45, 7) is 0.327. The summed E-state index contributed by atoms with van der Waals surface area (Å²) in [4.78, 5) is 12.0. The average Bonchev–Trinajstić information content (AvgIpc) is 3.01. The van der Waals surface area contributed by atoms with Gasteiger partial charge in [0.2, 0.25) is 5.76 Å². The van der Waals surface area contributed by atoms with Gasteiger partial charge < -0.3 is 19.6 Å². The van der Waals surface area contributed by atoms with Crippen molar-refractivity contribution in [3.8, 4) is 0 Å². The lowest BCUT2D eigenvalue weighted by Crippen LogP contribution is -2.26. The fourth-order valence-electron chi connectivity index (χ4n) is 2.29. The Hall–Kier alpha value is -2.76. The van der Waals surface area contributed by atoms with Crippen LogP contribution in [0.1, 0.15) is 17.0 Å². The van der Waals surface area contributed by atoms with Gasteiger partial charge in [-0.1, -0.05) is 0 Å². The van der Waals surface area contributed by atoms with Crippen LogP contribution in [-0.4, -0.2) is 18.4 Å². The van der Waals surface area contributed by atoms with Gasteiger partial charge in [0.05, 0.1) is 18.4 Å². The van der Waals surface area contributed by atoms with Crippen LogP contribution in [0.15, 0.2) is 58.1 Å². The maximum absolute atomic E-state index is 12.0. The zero-order valence-corrected chi connectivity index (χ0v) is 11.2. The number of rotatable bonds is 3. The van der Waals surface area contributed by atoms with E-state index in [0.29, 0.717) is 18.8 Å². The Bertz CT molecular complexity index is 668. The summed E-state index contributed by atoms with van der Waals surface area (Å²) < 4.78 is 15.7. The molecule has 1 atom stereocenters. The largest absolute Gasteiger partial charge is 0.496 e. The van der Waals surface area contributed by atoms with E-state index in [1.54, 1.807) is 18.4 Å². The molecule has 1 aliphatic heterocycles. The Labute approximate surface area is 121 Å². The minimum Gasteiger partial charge on any atom is -0.496 e. The summed E-state index contributed by atoms with van der Waals surface area (Å²) in [7, 11) is 0. The summed E-state index contributed by atoms with van der Waals surface area (Å²) in [6.07, 6.45) is 7.09. The van der Waals surface area contributed by atoms with Crippen LogP contribution >= 0.6 is 0 Å². The molecule has 1 aromatic rings. The summed E-state index contributed by atoms with van der Waals surface area (Å²) >= 11 is 0. The Morgan fingerprint density at radius 1 is 1.48 bits per heavy atom. The molecule has 0 aromatic carbocycles. The molecule has 0 amide bonds. The molecule has 0 spiro atoms. The van der Waals surface area contributed by atoms with Gasteiger partial charge >= 0.3 is 5.97 Å². The lowest BCUT2D eigenvalue weighted by Gasteiger charge is -2.26. The number of hydrogen-bond acceptors (Lipinski definition) is 5. The number of furan rings is 1. The van der Waals surface area contributed by atoms with E-state index in [1.165, 1.54) is 12.3 Å². The van der Waals surface area contributed by atoms with E-state index in [4.69, 9.17) is 25.0 Å². The van der Waals surface area contributed by atoms with E-state index in [9.17, 15) is 4.79 Å². The molecule has 2 aliphatic rings. The Balaban J connectivity index is 1.89. The fraction of sp³-hybridized carbons (Fsp3) is 0.200. The molecule has 0 radical (unpaired) electrons. The van der Waals surface area contributed by atoms with Crippen molar-refractivity contribution < 1.29 is 18.7 Å². The van der Waals surface area contributed by atoms with Crippen LogP contribution in [0.3, 0.4) is 0 Å². The molecule has 0 saturated heterocycles. The molecule has 0 saturated carbocycles. The van der Waals surface area contributed by atoms with Crippen molar-refractivity contribution in [2.24, 2.45) is 11.7 Å². The number of esters is 1. The van der Waals surface area contributed by atoms with Crippen molar-refractivity contribution in [3.63, 3.8) is 0 Å². The Kier molecular flexibility index (Phi) is 3.35. The van der Waals surface area contributed by atoms with Crippen molar-refractivity contribution in [2.45, 2.75) is 6.42 Å². The first kappa shape index (κ1) is 13.2. The predicted molar refractivity (Wildman–Crippen MR) is 74.3 cm³/mol. The smallest absolute Gasteiger partial charge is 0.379 e. The van der Waals surface area contributed by atoms with Gasteiger partial charge in [0, 0.05) is 11.5 Å². The normalized spacial score (nSPS) is 20.4. The van der Waals surface area contributed by atoms with Crippen LogP contribution in [0.2, 0.25) is 0 Å². The van der Waals surface area contributed by atoms with Crippen molar-refractivity contribution >= 4 is 11.8 Å². The van der Waals surface area contributed by atoms with Crippen molar-refractivity contribution in [2.75, 3.05) is 6.61 Å². The van der Waals surface area contributed by atoms with E-state index in [2.05, 4.69) is 0 Å². The van der Waals surface area contributed by atoms with Crippen LogP contribution in [0, 0.1) is 11.3 Å². The van der Waals surface area contributed by atoms with Gasteiger partial charge in [-0.25, -0.2) is 4.79 Å². The SMILES string of the molecule is N=C(N)C1C=C(OC(=O)c2ccco2)C2=C(C=COC2)C1. The number of ether oxygens (including phenoxy) is 2. The number of allylic oxidation sites excluding steroid dienone is 2. The maximum Gasteiger partial charge on any atom is 0.379 e. The highest BCUT2D eigenvalue weighted by Crippen LogP contribution is 2.33. The van der Waals surface area contributed by atoms with Crippen LogP contribution in [0.4, 0.5) is 0 Å². The lowest BCUT2D eigenvalue weighted by atomic mass is 9.87. The minimum atomic E-state index is -0.586. The van der Waals surface area contributed by atoms with E-state index in [-0.39, 0.29) is 17.5 Å². The first-order chi connectivity index (χ1) is 10.1. The van der Waals surface area contributed by atoms with Gasteiger partial charge in [0.15, 0.2) is 0 Å². The van der Waals surface area contributed by atoms with E-state index in [0.717, 1.165) is 11.1 Å². The molecule has 2 heterocycles. The topological polar surface area (TPSA) is 98.5 Å². The molecule has 1 unspecified atom stereocenters. The Morgan fingerprint density at radius 3 is 3.05 bits per heavy atom. The summed E-state index contributed by atoms with van der Waals surface area (Å²) in [5.41, 5.74) is 7.34. The van der Waals surface area contributed by atoms with Crippen molar-refractivity contribution in [1.82, 2.24) is 0 Å². The van der Waals surface area contributed by atoms with Gasteiger partial charge in [-0.05, 0) is 36.3 Å². The molecule has 1 aromatic heterocycles. The molecular formula is C15H14N2O4. The van der Waals surface area contributed by atoms with Gasteiger partial charge in [-0.3, -0.25) is 5.41 Å². The minimum absolute atomic E-state index is 0.0352. The second-order valence-corrected chi connectivity index (χ2v) is 4.78. The van der Waals surface area contributed by atoms with Crippen LogP contribution in [0.5, 0.6) is 0 Å². The number of hydrogen-bond donors (Lipinski definition) is 2. The first-order valence-corrected chi connectivity index (χ1v) is 6.47. The number of carbonyl (C=O) groups excluding carboxylic acids is 1. The third kappa shape index (κ3) is 2.60. The molecule has 1 aliphatic carbocycles. The molecular weight excluding hydrogens is 272 g/mol. The maximum atomic E-state index is 12.0. The van der Waals surface area contributed by atoms with Crippen LogP contribution < -0.4 is 5.73 Å². The number of carbonyl (C=O) groups is 1. The third-order valence-corrected chi connectivity index (χ3v) is 3.40. The number of nitrogens with one attached hydrogen (secondary N) is 1. The second kappa shape index (κ2) is 5.32. The number of amidine groups is 1. The second-order valence-electron chi connectivity index (χ2n) is 4.78. The van der Waals surface area contributed by atoms with E-state index in [1.807, 2.05) is 6.08 Å². The zero-order chi connectivity index (χ0) is 14.8. The third-order valence-electron chi connectivity index (χ3n) is 3.40. The predicted octanol–water partition coefficient (Wildman–Crippen LogP) is 2.12. The molecule has 6 nitrogen and oxygen atoms in total. The van der Waals surface area contributed by atoms with Gasteiger partial charge in [-0.2, -0.15) is 0 Å². The molecule has 21 heavy (non-hydrogen) atoms. The molecule has 6 heteroatoms. The molecule has 3 N–H and O–H groups in total. The van der Waals surface area contributed by atoms with Crippen molar-refractivity contribution in [1.29, 1.82) is 5.41 Å². The first-order valence-electron chi connectivity index (χ1n) is 6.47. The molecule has 108 valence electrons. The highest BCUT2D eigenvalue weighted by molar-refractivity contribution is 5.88. The number of nitrogens with two attached hydrogens (primary N) is 1. The van der Waals surface area contributed by atoms with E-state index >= 15 is 0 Å². The molecule has 0 bridgehead atoms. The zero-order valence-electron chi connectivity index (χ0n) is 11.2. The summed E-state index contributed by atoms with van der Waals surface area (Å²) in [6, 6.07) is 3.14. The van der Waals surface area contributed by atoms with Gasteiger partial charge in [0.25, 0.3) is 0 Å². The standard InChI is InChI=1S/C15H14N2O4/c16-14(17)10-6-9-3-5-19-8-11(9)13(7-10)21-15(18)12-2-1-4-20-12/h1-5,7,10H,6,8H2,(H3,16,17). The van der Waals surface area contributed by atoms with Crippen LogP contribution in [0.25, 0.3) is 0 Å². The summed E-state index contributed by atoms with van der Waals surface area (Å²) in [5, 5.41) is 7.60. The quantitative estimate of drug-likeness (QED) is 0.504.